The molecule has 3 aliphatic carbocycles. The Balaban J connectivity index is 2.03. The first-order valence-corrected chi connectivity index (χ1v) is 5.23. The first kappa shape index (κ1) is 9.04. The lowest BCUT2D eigenvalue weighted by Crippen LogP contribution is -2.52. The lowest BCUT2D eigenvalue weighted by molar-refractivity contribution is -0.146. The van der Waals surface area contributed by atoms with E-state index in [1.54, 1.807) is 0 Å². The summed E-state index contributed by atoms with van der Waals surface area (Å²) in [5, 5.41) is 8.77. The lowest BCUT2D eigenvalue weighted by Gasteiger charge is -2.60. The van der Waals surface area contributed by atoms with E-state index in [0.29, 0.717) is 23.7 Å². The van der Waals surface area contributed by atoms with Crippen molar-refractivity contribution in [1.29, 1.82) is 0 Å². The minimum absolute atomic E-state index is 0.390. The fourth-order valence-electron chi connectivity index (χ4n) is 3.43. The van der Waals surface area contributed by atoms with Gasteiger partial charge in [0.25, 0.3) is 0 Å². The van der Waals surface area contributed by atoms with Crippen molar-refractivity contribution in [2.75, 3.05) is 0 Å². The van der Waals surface area contributed by atoms with Crippen LogP contribution in [0, 0.1) is 23.2 Å². The van der Waals surface area contributed by atoms with Gasteiger partial charge in [-0.2, -0.15) is 0 Å². The molecule has 0 aromatic heterocycles. The molecule has 0 aromatic rings. The number of aliphatic carboxylic acids is 1. The second-order valence-corrected chi connectivity index (χ2v) is 5.30. The van der Waals surface area contributed by atoms with Crippen molar-refractivity contribution in [3.8, 4) is 0 Å². The molecular weight excluding hydrogens is 164 g/mol. The average molecular weight is 182 g/mol. The summed E-state index contributed by atoms with van der Waals surface area (Å²) in [7, 11) is 0. The third-order valence-corrected chi connectivity index (χ3v) is 4.44. The standard InChI is InChI=1S/C11H18O2/c1-11(2)8-4-3-7(5-10(12)13)9(11)6-8/h7-9H,3-6H2,1-2H3,(H,12,13)/t7-,8+,9+/m1/s1. The van der Waals surface area contributed by atoms with Gasteiger partial charge < -0.3 is 5.11 Å². The molecule has 3 rings (SSSR count). The molecule has 3 saturated carbocycles. The molecule has 0 aromatic carbocycles. The van der Waals surface area contributed by atoms with Gasteiger partial charge in [-0.25, -0.2) is 0 Å². The van der Waals surface area contributed by atoms with Crippen LogP contribution in [0.15, 0.2) is 0 Å². The van der Waals surface area contributed by atoms with Gasteiger partial charge in [0.1, 0.15) is 0 Å². The van der Waals surface area contributed by atoms with Gasteiger partial charge in [-0.15, -0.1) is 0 Å². The topological polar surface area (TPSA) is 37.3 Å². The summed E-state index contributed by atoms with van der Waals surface area (Å²) in [6.45, 7) is 4.61. The van der Waals surface area contributed by atoms with Crippen LogP contribution in [-0.4, -0.2) is 11.1 Å². The molecular formula is C11H18O2. The monoisotopic (exact) mass is 182 g/mol. The average Bonchev–Trinajstić information content (AvgIpc) is 2.03. The fraction of sp³-hybridized carbons (Fsp3) is 0.909. The van der Waals surface area contributed by atoms with Crippen molar-refractivity contribution >= 4 is 5.97 Å². The van der Waals surface area contributed by atoms with E-state index in [0.717, 1.165) is 12.3 Å². The molecule has 2 heteroatoms. The Labute approximate surface area is 79.3 Å². The first-order chi connectivity index (χ1) is 6.01. The van der Waals surface area contributed by atoms with Crippen molar-refractivity contribution in [1.82, 2.24) is 0 Å². The second kappa shape index (κ2) is 2.73. The van der Waals surface area contributed by atoms with E-state index in [9.17, 15) is 4.79 Å². The van der Waals surface area contributed by atoms with Gasteiger partial charge in [0.2, 0.25) is 0 Å². The molecule has 2 nitrogen and oxygen atoms in total. The van der Waals surface area contributed by atoms with E-state index in [4.69, 9.17) is 5.11 Å². The minimum atomic E-state index is -0.619. The smallest absolute Gasteiger partial charge is 0.303 e. The zero-order valence-corrected chi connectivity index (χ0v) is 8.42. The fourth-order valence-corrected chi connectivity index (χ4v) is 3.43. The molecule has 1 N–H and O–H groups in total. The van der Waals surface area contributed by atoms with Crippen molar-refractivity contribution in [2.24, 2.45) is 23.2 Å². The zero-order chi connectivity index (χ0) is 9.64. The Bertz CT molecular complexity index is 230. The van der Waals surface area contributed by atoms with Crippen molar-refractivity contribution in [3.63, 3.8) is 0 Å². The number of carbonyl (C=O) groups is 1. The number of hydrogen-bond acceptors (Lipinski definition) is 1. The molecule has 3 aliphatic rings. The Kier molecular flexibility index (Phi) is 1.90. The van der Waals surface area contributed by atoms with Gasteiger partial charge in [-0.05, 0) is 42.4 Å². The lowest BCUT2D eigenvalue weighted by atomic mass is 9.45. The van der Waals surface area contributed by atoms with Crippen LogP contribution in [0.25, 0.3) is 0 Å². The highest BCUT2D eigenvalue weighted by molar-refractivity contribution is 5.67. The number of carboxylic acids is 1. The van der Waals surface area contributed by atoms with Crippen LogP contribution in [0.1, 0.15) is 39.5 Å². The maximum Gasteiger partial charge on any atom is 0.303 e. The van der Waals surface area contributed by atoms with Gasteiger partial charge in [0.15, 0.2) is 0 Å². The Morgan fingerprint density at radius 2 is 2.15 bits per heavy atom. The van der Waals surface area contributed by atoms with Crippen molar-refractivity contribution < 1.29 is 9.90 Å². The van der Waals surface area contributed by atoms with Crippen LogP contribution >= 0.6 is 0 Å². The summed E-state index contributed by atoms with van der Waals surface area (Å²) < 4.78 is 0. The summed E-state index contributed by atoms with van der Waals surface area (Å²) in [4.78, 5) is 10.6. The van der Waals surface area contributed by atoms with Gasteiger partial charge in [0.05, 0.1) is 0 Å². The summed E-state index contributed by atoms with van der Waals surface area (Å²) in [5.74, 6) is 1.40. The van der Waals surface area contributed by atoms with Crippen LogP contribution in [-0.2, 0) is 4.79 Å². The van der Waals surface area contributed by atoms with Gasteiger partial charge in [-0.3, -0.25) is 4.79 Å². The van der Waals surface area contributed by atoms with E-state index < -0.39 is 5.97 Å². The van der Waals surface area contributed by atoms with Crippen molar-refractivity contribution in [3.05, 3.63) is 0 Å². The summed E-state index contributed by atoms with van der Waals surface area (Å²) in [6, 6.07) is 0. The summed E-state index contributed by atoms with van der Waals surface area (Å²) >= 11 is 0. The molecule has 0 heterocycles. The highest BCUT2D eigenvalue weighted by Gasteiger charge is 2.54. The van der Waals surface area contributed by atoms with Crippen LogP contribution in [0.4, 0.5) is 0 Å². The third kappa shape index (κ3) is 1.27. The van der Waals surface area contributed by atoms with Gasteiger partial charge >= 0.3 is 5.97 Å². The van der Waals surface area contributed by atoms with Gasteiger partial charge in [-0.1, -0.05) is 13.8 Å². The maximum atomic E-state index is 10.6. The highest BCUT2D eigenvalue weighted by atomic mass is 16.4. The molecule has 0 spiro atoms. The molecule has 74 valence electrons. The van der Waals surface area contributed by atoms with Gasteiger partial charge in [0, 0.05) is 6.42 Å². The predicted octanol–water partition coefficient (Wildman–Crippen LogP) is 2.53. The SMILES string of the molecule is CC1(C)[C@H]2CC[C@H](CC(=O)O)[C@@H]1C2. The third-order valence-electron chi connectivity index (χ3n) is 4.44. The number of rotatable bonds is 2. The zero-order valence-electron chi connectivity index (χ0n) is 8.42. The molecule has 0 saturated heterocycles. The normalized spacial score (nSPS) is 40.9. The largest absolute Gasteiger partial charge is 0.481 e. The Hall–Kier alpha value is -0.530. The number of hydrogen-bond donors (Lipinski definition) is 1. The molecule has 0 unspecified atom stereocenters. The first-order valence-electron chi connectivity index (χ1n) is 5.23. The summed E-state index contributed by atoms with van der Waals surface area (Å²) in [5.41, 5.74) is 0.429. The van der Waals surface area contributed by atoms with E-state index in [1.807, 2.05) is 0 Å². The number of fused-ring (bicyclic) bond motifs is 2. The predicted molar refractivity (Wildman–Crippen MR) is 50.4 cm³/mol. The van der Waals surface area contributed by atoms with Crippen molar-refractivity contribution in [2.45, 2.75) is 39.5 Å². The molecule has 0 amide bonds. The molecule has 3 atom stereocenters. The highest BCUT2D eigenvalue weighted by Crippen LogP contribution is 2.61. The molecule has 2 bridgehead atoms. The van der Waals surface area contributed by atoms with Crippen LogP contribution in [0.5, 0.6) is 0 Å². The van der Waals surface area contributed by atoms with Crippen LogP contribution < -0.4 is 0 Å². The van der Waals surface area contributed by atoms with E-state index in [2.05, 4.69) is 13.8 Å². The molecule has 0 radical (unpaired) electrons. The Morgan fingerprint density at radius 1 is 1.46 bits per heavy atom. The summed E-state index contributed by atoms with van der Waals surface area (Å²) in [6.07, 6.45) is 4.07. The molecule has 13 heavy (non-hydrogen) atoms. The molecule has 3 fully saturated rings. The Morgan fingerprint density at radius 3 is 2.62 bits per heavy atom. The quantitative estimate of drug-likeness (QED) is 0.712. The van der Waals surface area contributed by atoms with E-state index in [-0.39, 0.29) is 0 Å². The second-order valence-electron chi connectivity index (χ2n) is 5.30. The maximum absolute atomic E-state index is 10.6. The minimum Gasteiger partial charge on any atom is -0.481 e. The van der Waals surface area contributed by atoms with E-state index in [1.165, 1.54) is 12.8 Å². The van der Waals surface area contributed by atoms with E-state index >= 15 is 0 Å². The van der Waals surface area contributed by atoms with Crippen LogP contribution in [0.2, 0.25) is 0 Å². The number of carboxylic acid groups (broad SMARTS) is 1. The van der Waals surface area contributed by atoms with Crippen LogP contribution in [0.3, 0.4) is 0 Å². The molecule has 0 aliphatic heterocycles.